The average Bonchev–Trinajstić information content (AvgIpc) is 3.10. The van der Waals surface area contributed by atoms with Crippen molar-refractivity contribution < 1.29 is 14.5 Å². The molecule has 3 N–H and O–H groups in total. The summed E-state index contributed by atoms with van der Waals surface area (Å²) in [7, 11) is 2.90. The Morgan fingerprint density at radius 1 is 1.12 bits per heavy atom. The van der Waals surface area contributed by atoms with Gasteiger partial charge in [-0.25, -0.2) is 4.99 Å². The second kappa shape index (κ2) is 4.80. The van der Waals surface area contributed by atoms with Crippen LogP contribution in [0.3, 0.4) is 0 Å². The molecular weight excluding hydrogens is 304 g/mol. The van der Waals surface area contributed by atoms with Gasteiger partial charge in [0.05, 0.1) is 17.6 Å². The maximum atomic E-state index is 10.2. The Balaban J connectivity index is 2.38. The van der Waals surface area contributed by atoms with Crippen molar-refractivity contribution in [3.63, 3.8) is 0 Å². The van der Waals surface area contributed by atoms with Crippen LogP contribution in [0.4, 0.5) is 0 Å². The van der Waals surface area contributed by atoms with Crippen LogP contribution in [0.25, 0.3) is 0 Å². The minimum absolute atomic E-state index is 0.220. The molecule has 1 aromatic rings. The summed E-state index contributed by atoms with van der Waals surface area (Å²) >= 11 is 0. The fourth-order valence-electron chi connectivity index (χ4n) is 4.94. The van der Waals surface area contributed by atoms with Crippen molar-refractivity contribution >= 4 is 5.84 Å². The maximum Gasteiger partial charge on any atom is 0.343 e. The Bertz CT molecular complexity index is 800. The van der Waals surface area contributed by atoms with E-state index in [4.69, 9.17) is 15.2 Å². The number of hydrogen-bond donors (Lipinski definition) is 2. The van der Waals surface area contributed by atoms with Gasteiger partial charge in [-0.15, -0.1) is 0 Å². The van der Waals surface area contributed by atoms with Gasteiger partial charge in [0.15, 0.2) is 10.8 Å². The van der Waals surface area contributed by atoms with E-state index in [0.29, 0.717) is 6.42 Å². The molecule has 1 aliphatic heterocycles. The van der Waals surface area contributed by atoms with Crippen molar-refractivity contribution in [1.82, 2.24) is 0 Å². The van der Waals surface area contributed by atoms with Crippen molar-refractivity contribution in [2.75, 3.05) is 14.2 Å². The summed E-state index contributed by atoms with van der Waals surface area (Å²) in [5.74, 6) is -1.25. The Labute approximate surface area is 141 Å². The van der Waals surface area contributed by atoms with Gasteiger partial charge in [-0.05, 0) is 18.9 Å². The standard InChI is InChI=1S/C18H20N4O2/c1-5-15(13-8-6-12(2)7-9-13)16(10-19)14(21)22-18(23-3,24-4)17(15,16)11-20/h6-9H,5H2,1-4H3,(H2,21,22)/p+1/t15-,16+,17-/m1/s1. The first kappa shape index (κ1) is 16.4. The fraction of sp³-hybridized carbons (Fsp3) is 0.500. The molecule has 0 amide bonds. The zero-order chi connectivity index (χ0) is 17.8. The topological polar surface area (TPSA) is 106 Å². The number of fused-ring (bicyclic) bond motifs is 1. The van der Waals surface area contributed by atoms with E-state index < -0.39 is 22.2 Å². The highest BCUT2D eigenvalue weighted by Gasteiger charge is 3.03. The molecular formula is C18H21N4O2+. The quantitative estimate of drug-likeness (QED) is 0.762. The van der Waals surface area contributed by atoms with Crippen LogP contribution in [0, 0.1) is 40.4 Å². The molecule has 3 rings (SSSR count). The minimum atomic E-state index is -1.47. The van der Waals surface area contributed by atoms with Crippen LogP contribution in [-0.2, 0) is 14.9 Å². The molecule has 6 nitrogen and oxygen atoms in total. The van der Waals surface area contributed by atoms with Gasteiger partial charge >= 0.3 is 5.91 Å². The molecule has 124 valence electrons. The van der Waals surface area contributed by atoms with Crippen LogP contribution in [0.15, 0.2) is 24.3 Å². The van der Waals surface area contributed by atoms with Crippen molar-refractivity contribution in [2.45, 2.75) is 31.6 Å². The first-order valence-electron chi connectivity index (χ1n) is 7.84. The van der Waals surface area contributed by atoms with Crippen LogP contribution in [-0.4, -0.2) is 26.0 Å². The average molecular weight is 325 g/mol. The Morgan fingerprint density at radius 2 is 1.71 bits per heavy atom. The minimum Gasteiger partial charge on any atom is -0.317 e. The van der Waals surface area contributed by atoms with E-state index in [9.17, 15) is 10.5 Å². The van der Waals surface area contributed by atoms with E-state index in [1.165, 1.54) is 14.2 Å². The zero-order valence-corrected chi connectivity index (χ0v) is 14.3. The van der Waals surface area contributed by atoms with Crippen molar-refractivity contribution in [3.8, 4) is 12.1 Å². The number of rotatable bonds is 4. The summed E-state index contributed by atoms with van der Waals surface area (Å²) in [5.41, 5.74) is 4.94. The largest absolute Gasteiger partial charge is 0.343 e. The predicted octanol–water partition coefficient (Wildman–Crippen LogP) is 0.0744. The Kier molecular flexibility index (Phi) is 3.29. The normalized spacial score (nSPS) is 35.5. The lowest BCUT2D eigenvalue weighted by atomic mass is 9.80. The predicted molar refractivity (Wildman–Crippen MR) is 86.1 cm³/mol. The summed E-state index contributed by atoms with van der Waals surface area (Å²) in [6.07, 6.45) is 0.550. The van der Waals surface area contributed by atoms with Crippen LogP contribution >= 0.6 is 0 Å². The lowest BCUT2D eigenvalue weighted by molar-refractivity contribution is -0.689. The number of nitrogens with two attached hydrogens (primary N) is 1. The van der Waals surface area contributed by atoms with Gasteiger partial charge in [-0.1, -0.05) is 36.8 Å². The van der Waals surface area contributed by atoms with Crippen LogP contribution < -0.4 is 10.7 Å². The maximum absolute atomic E-state index is 10.2. The van der Waals surface area contributed by atoms with Crippen LogP contribution in [0.1, 0.15) is 24.5 Å². The molecule has 0 aromatic heterocycles. The number of methoxy groups -OCH3 is 2. The van der Waals surface area contributed by atoms with E-state index in [1.807, 2.05) is 38.1 Å². The highest BCUT2D eigenvalue weighted by Crippen LogP contribution is 2.83. The van der Waals surface area contributed by atoms with Gasteiger partial charge in [0, 0.05) is 14.2 Å². The molecule has 0 radical (unpaired) electrons. The third-order valence-corrected chi connectivity index (χ3v) is 5.96. The highest BCUT2D eigenvalue weighted by molar-refractivity contribution is 5.97. The number of hydrogen-bond acceptors (Lipinski definition) is 5. The molecule has 1 saturated carbocycles. The molecule has 0 spiro atoms. The highest BCUT2D eigenvalue weighted by atomic mass is 16.7. The molecule has 1 aromatic carbocycles. The summed E-state index contributed by atoms with van der Waals surface area (Å²) in [6, 6.07) is 12.5. The van der Waals surface area contributed by atoms with Crippen molar-refractivity contribution in [1.29, 1.82) is 10.5 Å². The van der Waals surface area contributed by atoms with E-state index in [2.05, 4.69) is 17.1 Å². The van der Waals surface area contributed by atoms with Crippen LogP contribution in [0.5, 0.6) is 0 Å². The summed E-state index contributed by atoms with van der Waals surface area (Å²) in [6.45, 7) is 3.95. The monoisotopic (exact) mass is 325 g/mol. The molecule has 0 saturated heterocycles. The first-order valence-corrected chi connectivity index (χ1v) is 7.84. The molecule has 2 aliphatic rings. The Morgan fingerprint density at radius 3 is 2.12 bits per heavy atom. The zero-order valence-electron chi connectivity index (χ0n) is 14.3. The summed E-state index contributed by atoms with van der Waals surface area (Å²) in [5, 5.41) is 20.3. The van der Waals surface area contributed by atoms with Gasteiger partial charge in [0.1, 0.15) is 0 Å². The lowest BCUT2D eigenvalue weighted by Gasteiger charge is -2.31. The van der Waals surface area contributed by atoms with E-state index in [-0.39, 0.29) is 5.84 Å². The van der Waals surface area contributed by atoms with Gasteiger partial charge in [-0.2, -0.15) is 10.5 Å². The summed E-state index contributed by atoms with van der Waals surface area (Å²) < 4.78 is 11.2. The molecule has 1 heterocycles. The molecule has 0 unspecified atom stereocenters. The van der Waals surface area contributed by atoms with Crippen molar-refractivity contribution in [2.24, 2.45) is 16.6 Å². The third kappa shape index (κ3) is 1.25. The van der Waals surface area contributed by atoms with Gasteiger partial charge in [0.2, 0.25) is 0 Å². The Hall–Kier alpha value is -2.41. The molecule has 3 atom stereocenters. The smallest absolute Gasteiger partial charge is 0.317 e. The molecule has 1 aliphatic carbocycles. The number of nitrogens with one attached hydrogen (secondary N) is 1. The number of nitrogens with zero attached hydrogens (tertiary/aromatic N) is 2. The molecule has 24 heavy (non-hydrogen) atoms. The molecule has 0 bridgehead atoms. The van der Waals surface area contributed by atoms with E-state index >= 15 is 0 Å². The van der Waals surface area contributed by atoms with Crippen molar-refractivity contribution in [3.05, 3.63) is 35.4 Å². The van der Waals surface area contributed by atoms with Gasteiger partial charge in [0.25, 0.3) is 5.84 Å². The number of nitriles is 2. The fourth-order valence-corrected chi connectivity index (χ4v) is 4.94. The number of ether oxygens (including phenoxy) is 2. The SMILES string of the molecule is CC[C@@]1(c2ccc(C)cc2)[C@]2(C#N)C(N)=[NH+]C(OC)(OC)[C@@]21C#N. The van der Waals surface area contributed by atoms with E-state index in [0.717, 1.165) is 11.1 Å². The second-order valence-electron chi connectivity index (χ2n) is 6.41. The molecule has 6 heteroatoms. The van der Waals surface area contributed by atoms with Gasteiger partial charge < -0.3 is 9.47 Å². The van der Waals surface area contributed by atoms with Gasteiger partial charge in [-0.3, -0.25) is 5.73 Å². The summed E-state index contributed by atoms with van der Waals surface area (Å²) in [4.78, 5) is 2.92. The lowest BCUT2D eigenvalue weighted by Crippen LogP contribution is -2.91. The second-order valence-corrected chi connectivity index (χ2v) is 6.41. The van der Waals surface area contributed by atoms with E-state index in [1.54, 1.807) is 0 Å². The number of amidine groups is 1. The van der Waals surface area contributed by atoms with Crippen LogP contribution in [0.2, 0.25) is 0 Å². The number of benzene rings is 1. The third-order valence-electron chi connectivity index (χ3n) is 5.96. The first-order chi connectivity index (χ1) is 11.4. The number of aryl methyl sites for hydroxylation is 1. The molecule has 1 fully saturated rings.